The van der Waals surface area contributed by atoms with E-state index < -0.39 is 12.0 Å². The number of hydrogen-bond acceptors (Lipinski definition) is 4. The molecule has 0 aliphatic carbocycles. The molecule has 0 bridgehead atoms. The summed E-state index contributed by atoms with van der Waals surface area (Å²) in [7, 11) is 0. The van der Waals surface area contributed by atoms with E-state index in [1.165, 1.54) is 0 Å². The van der Waals surface area contributed by atoms with Crippen molar-refractivity contribution in [1.29, 1.82) is 0 Å². The molecule has 0 atom stereocenters. The standard InChI is InChI=1S/C16H21N3O4S/c20-14(19-7-9-24-10-8-19)11-12-1-3-13(4-2-12)18-16(23)17-6-5-15(21)22/h1-4H,5-11H2,(H,21,22)(H2,17,18,23). The molecule has 1 saturated heterocycles. The zero-order valence-electron chi connectivity index (χ0n) is 13.3. The maximum Gasteiger partial charge on any atom is 0.319 e. The van der Waals surface area contributed by atoms with E-state index in [-0.39, 0.29) is 18.9 Å². The van der Waals surface area contributed by atoms with Crippen LogP contribution in [0.4, 0.5) is 10.5 Å². The Morgan fingerprint density at radius 3 is 2.42 bits per heavy atom. The van der Waals surface area contributed by atoms with Crippen molar-refractivity contribution < 1.29 is 19.5 Å². The summed E-state index contributed by atoms with van der Waals surface area (Å²) in [5, 5.41) is 13.6. The van der Waals surface area contributed by atoms with Crippen molar-refractivity contribution in [2.75, 3.05) is 36.5 Å². The number of amides is 3. The number of aliphatic carboxylic acids is 1. The van der Waals surface area contributed by atoms with Crippen LogP contribution in [0.3, 0.4) is 0 Å². The van der Waals surface area contributed by atoms with Gasteiger partial charge >= 0.3 is 12.0 Å². The van der Waals surface area contributed by atoms with Gasteiger partial charge in [0.1, 0.15) is 0 Å². The predicted molar refractivity (Wildman–Crippen MR) is 93.3 cm³/mol. The molecule has 1 aliphatic heterocycles. The number of carbonyl (C=O) groups excluding carboxylic acids is 2. The highest BCUT2D eigenvalue weighted by molar-refractivity contribution is 7.99. The fraction of sp³-hybridized carbons (Fsp3) is 0.438. The average Bonchev–Trinajstić information content (AvgIpc) is 2.57. The van der Waals surface area contributed by atoms with Gasteiger partial charge in [-0.15, -0.1) is 0 Å². The van der Waals surface area contributed by atoms with Gasteiger partial charge in [0, 0.05) is 36.8 Å². The van der Waals surface area contributed by atoms with Crippen molar-refractivity contribution in [1.82, 2.24) is 10.2 Å². The predicted octanol–water partition coefficient (Wildman–Crippen LogP) is 1.40. The third-order valence-corrected chi connectivity index (χ3v) is 4.50. The largest absolute Gasteiger partial charge is 0.481 e. The zero-order valence-corrected chi connectivity index (χ0v) is 14.1. The molecule has 1 aromatic carbocycles. The summed E-state index contributed by atoms with van der Waals surface area (Å²) in [5.74, 6) is 1.15. The summed E-state index contributed by atoms with van der Waals surface area (Å²) in [4.78, 5) is 36.0. The molecule has 0 saturated carbocycles. The molecule has 130 valence electrons. The Labute approximate surface area is 144 Å². The lowest BCUT2D eigenvalue weighted by Crippen LogP contribution is -2.38. The summed E-state index contributed by atoms with van der Waals surface area (Å²) in [6, 6.07) is 6.62. The van der Waals surface area contributed by atoms with E-state index in [9.17, 15) is 14.4 Å². The quantitative estimate of drug-likeness (QED) is 0.720. The number of nitrogens with one attached hydrogen (secondary N) is 2. The van der Waals surface area contributed by atoms with Crippen LogP contribution in [0.5, 0.6) is 0 Å². The Bertz CT molecular complexity index is 585. The number of carboxylic acids is 1. The Morgan fingerprint density at radius 1 is 1.12 bits per heavy atom. The molecule has 0 unspecified atom stereocenters. The molecular weight excluding hydrogens is 330 g/mol. The van der Waals surface area contributed by atoms with Crippen molar-refractivity contribution in [3.63, 3.8) is 0 Å². The molecule has 8 heteroatoms. The SMILES string of the molecule is O=C(O)CCNC(=O)Nc1ccc(CC(=O)N2CCSCC2)cc1. The minimum absolute atomic E-state index is 0.0713. The summed E-state index contributed by atoms with van der Waals surface area (Å²) in [6.45, 7) is 1.68. The van der Waals surface area contributed by atoms with Crippen LogP contribution in [-0.4, -0.2) is 59.1 Å². The number of hydrogen-bond donors (Lipinski definition) is 3. The van der Waals surface area contributed by atoms with Crippen LogP contribution in [0, 0.1) is 0 Å². The van der Waals surface area contributed by atoms with Gasteiger partial charge in [-0.3, -0.25) is 9.59 Å². The van der Waals surface area contributed by atoms with E-state index >= 15 is 0 Å². The van der Waals surface area contributed by atoms with Crippen molar-refractivity contribution in [2.45, 2.75) is 12.8 Å². The summed E-state index contributed by atoms with van der Waals surface area (Å²) >= 11 is 1.86. The fourth-order valence-corrected chi connectivity index (χ4v) is 3.17. The maximum atomic E-state index is 12.2. The van der Waals surface area contributed by atoms with E-state index in [1.54, 1.807) is 12.1 Å². The fourth-order valence-electron chi connectivity index (χ4n) is 2.26. The third kappa shape index (κ3) is 6.11. The number of benzene rings is 1. The second kappa shape index (κ2) is 9.17. The topological polar surface area (TPSA) is 98.7 Å². The second-order valence-electron chi connectivity index (χ2n) is 5.39. The first-order chi connectivity index (χ1) is 11.5. The molecule has 0 spiro atoms. The number of rotatable bonds is 6. The minimum Gasteiger partial charge on any atom is -0.481 e. The maximum absolute atomic E-state index is 12.2. The number of carbonyl (C=O) groups is 3. The average molecular weight is 351 g/mol. The number of urea groups is 1. The lowest BCUT2D eigenvalue weighted by Gasteiger charge is -2.26. The lowest BCUT2D eigenvalue weighted by molar-refractivity contribution is -0.136. The second-order valence-corrected chi connectivity index (χ2v) is 6.62. The molecule has 3 N–H and O–H groups in total. The Balaban J connectivity index is 1.78. The van der Waals surface area contributed by atoms with Gasteiger partial charge < -0.3 is 20.6 Å². The van der Waals surface area contributed by atoms with Crippen molar-refractivity contribution in [3.8, 4) is 0 Å². The van der Waals surface area contributed by atoms with Gasteiger partial charge in [0.15, 0.2) is 0 Å². The Hall–Kier alpha value is -2.22. The monoisotopic (exact) mass is 351 g/mol. The smallest absolute Gasteiger partial charge is 0.319 e. The van der Waals surface area contributed by atoms with Gasteiger partial charge in [0.2, 0.25) is 5.91 Å². The van der Waals surface area contributed by atoms with Gasteiger partial charge in [0.05, 0.1) is 12.8 Å². The molecule has 0 aromatic heterocycles. The zero-order chi connectivity index (χ0) is 17.4. The summed E-state index contributed by atoms with van der Waals surface area (Å²) < 4.78 is 0. The van der Waals surface area contributed by atoms with Crippen molar-refractivity contribution >= 4 is 35.4 Å². The molecule has 1 aromatic rings. The van der Waals surface area contributed by atoms with Crippen LogP contribution in [0.15, 0.2) is 24.3 Å². The van der Waals surface area contributed by atoms with Crippen LogP contribution in [0.25, 0.3) is 0 Å². The minimum atomic E-state index is -0.961. The number of carboxylic acid groups (broad SMARTS) is 1. The van der Waals surface area contributed by atoms with Gasteiger partial charge in [-0.2, -0.15) is 11.8 Å². The van der Waals surface area contributed by atoms with Crippen molar-refractivity contribution in [2.24, 2.45) is 0 Å². The molecule has 1 heterocycles. The normalized spacial score (nSPS) is 14.1. The first-order valence-electron chi connectivity index (χ1n) is 7.75. The highest BCUT2D eigenvalue weighted by Crippen LogP contribution is 2.13. The molecule has 0 radical (unpaired) electrons. The van der Waals surface area contributed by atoms with E-state index in [0.717, 1.165) is 30.2 Å². The van der Waals surface area contributed by atoms with Crippen LogP contribution < -0.4 is 10.6 Å². The van der Waals surface area contributed by atoms with Crippen LogP contribution >= 0.6 is 11.8 Å². The van der Waals surface area contributed by atoms with Gasteiger partial charge in [-0.25, -0.2) is 4.79 Å². The Morgan fingerprint density at radius 2 is 1.79 bits per heavy atom. The highest BCUT2D eigenvalue weighted by atomic mass is 32.2. The summed E-state index contributed by atoms with van der Waals surface area (Å²) in [5.41, 5.74) is 1.49. The molecule has 7 nitrogen and oxygen atoms in total. The van der Waals surface area contributed by atoms with Gasteiger partial charge in [-0.1, -0.05) is 12.1 Å². The molecule has 3 amide bonds. The first-order valence-corrected chi connectivity index (χ1v) is 8.91. The molecule has 1 fully saturated rings. The van der Waals surface area contributed by atoms with Gasteiger partial charge in [-0.05, 0) is 17.7 Å². The number of anilines is 1. The molecule has 24 heavy (non-hydrogen) atoms. The third-order valence-electron chi connectivity index (χ3n) is 3.56. The summed E-state index contributed by atoms with van der Waals surface area (Å²) in [6.07, 6.45) is 0.235. The van der Waals surface area contributed by atoms with Crippen LogP contribution in [0.2, 0.25) is 0 Å². The molecular formula is C16H21N3O4S. The van der Waals surface area contributed by atoms with E-state index in [4.69, 9.17) is 5.11 Å². The van der Waals surface area contributed by atoms with Gasteiger partial charge in [0.25, 0.3) is 0 Å². The van der Waals surface area contributed by atoms with Crippen LogP contribution in [-0.2, 0) is 16.0 Å². The highest BCUT2D eigenvalue weighted by Gasteiger charge is 2.16. The Kier molecular flexibility index (Phi) is 6.92. The van der Waals surface area contributed by atoms with Crippen molar-refractivity contribution in [3.05, 3.63) is 29.8 Å². The van der Waals surface area contributed by atoms with E-state index in [1.807, 2.05) is 28.8 Å². The number of thioether (sulfide) groups is 1. The van der Waals surface area contributed by atoms with Crippen LogP contribution in [0.1, 0.15) is 12.0 Å². The first kappa shape index (κ1) is 18.1. The van der Waals surface area contributed by atoms with E-state index in [0.29, 0.717) is 12.1 Å². The number of nitrogens with zero attached hydrogens (tertiary/aromatic N) is 1. The molecule has 1 aliphatic rings. The van der Waals surface area contributed by atoms with E-state index in [2.05, 4.69) is 10.6 Å². The lowest BCUT2D eigenvalue weighted by atomic mass is 10.1. The molecule has 2 rings (SSSR count).